The van der Waals surface area contributed by atoms with Gasteiger partial charge in [-0.25, -0.2) is 4.98 Å². The Bertz CT molecular complexity index is 668. The van der Waals surface area contributed by atoms with Gasteiger partial charge in [0.2, 0.25) is 5.91 Å². The molecule has 5 nitrogen and oxygen atoms in total. The van der Waals surface area contributed by atoms with Gasteiger partial charge < -0.3 is 15.4 Å². The van der Waals surface area contributed by atoms with Crippen LogP contribution in [0.1, 0.15) is 16.8 Å². The van der Waals surface area contributed by atoms with Gasteiger partial charge in [-0.2, -0.15) is 0 Å². The number of carbonyl (C=O) groups excluding carboxylic acids is 1. The molecule has 1 amide bonds. The van der Waals surface area contributed by atoms with E-state index < -0.39 is 0 Å². The zero-order valence-corrected chi connectivity index (χ0v) is 14.9. The molecule has 1 fully saturated rings. The second-order valence-electron chi connectivity index (χ2n) is 5.57. The van der Waals surface area contributed by atoms with Gasteiger partial charge in [0.05, 0.1) is 28.3 Å². The molecule has 3 rings (SSSR count). The van der Waals surface area contributed by atoms with Crippen LogP contribution >= 0.6 is 22.7 Å². The standard InChI is InChI=1S/C16H21N3O2S2/c1-10-15(17-7-8-21-10)16(20)18-6-5-12-3-4-14(23-12)13-9-22-11(2)19-13/h3-4,9-10,15,17H,5-8H2,1-2H3,(H,18,20)/t10-,15+/m1/s1. The number of aromatic nitrogens is 1. The maximum atomic E-state index is 12.2. The second-order valence-corrected chi connectivity index (χ2v) is 7.80. The topological polar surface area (TPSA) is 63.2 Å². The number of amides is 1. The molecular weight excluding hydrogens is 330 g/mol. The minimum absolute atomic E-state index is 0.0177. The van der Waals surface area contributed by atoms with Crippen molar-refractivity contribution >= 4 is 28.6 Å². The van der Waals surface area contributed by atoms with E-state index in [9.17, 15) is 4.79 Å². The number of nitrogens with one attached hydrogen (secondary N) is 2. The molecule has 0 aromatic carbocycles. The van der Waals surface area contributed by atoms with Crippen molar-refractivity contribution in [1.82, 2.24) is 15.6 Å². The summed E-state index contributed by atoms with van der Waals surface area (Å²) < 4.78 is 5.50. The number of rotatable bonds is 5. The lowest BCUT2D eigenvalue weighted by molar-refractivity contribution is -0.128. The average molecular weight is 351 g/mol. The summed E-state index contributed by atoms with van der Waals surface area (Å²) in [6, 6.07) is 3.97. The zero-order valence-electron chi connectivity index (χ0n) is 13.3. The maximum Gasteiger partial charge on any atom is 0.239 e. The van der Waals surface area contributed by atoms with Gasteiger partial charge in [0, 0.05) is 23.3 Å². The van der Waals surface area contributed by atoms with Crippen molar-refractivity contribution < 1.29 is 9.53 Å². The van der Waals surface area contributed by atoms with Crippen LogP contribution in [0.25, 0.3) is 10.6 Å². The first kappa shape index (κ1) is 16.6. The first-order valence-corrected chi connectivity index (χ1v) is 9.47. The Morgan fingerprint density at radius 3 is 3.13 bits per heavy atom. The highest BCUT2D eigenvalue weighted by Gasteiger charge is 2.27. The van der Waals surface area contributed by atoms with E-state index in [-0.39, 0.29) is 18.1 Å². The Kier molecular flexibility index (Phi) is 5.42. The van der Waals surface area contributed by atoms with Gasteiger partial charge in [-0.05, 0) is 32.4 Å². The molecule has 0 aliphatic carbocycles. The molecule has 0 bridgehead atoms. The fourth-order valence-corrected chi connectivity index (χ4v) is 4.23. The largest absolute Gasteiger partial charge is 0.375 e. The maximum absolute atomic E-state index is 12.2. The van der Waals surface area contributed by atoms with E-state index in [0.29, 0.717) is 13.2 Å². The minimum atomic E-state index is -0.249. The Morgan fingerprint density at radius 2 is 2.39 bits per heavy atom. The average Bonchev–Trinajstić information content (AvgIpc) is 3.16. The number of morpholine rings is 1. The van der Waals surface area contributed by atoms with Crippen molar-refractivity contribution in [2.45, 2.75) is 32.4 Å². The molecule has 2 N–H and O–H groups in total. The monoisotopic (exact) mass is 351 g/mol. The predicted molar refractivity (Wildman–Crippen MR) is 94.1 cm³/mol. The van der Waals surface area contributed by atoms with Crippen LogP contribution < -0.4 is 10.6 Å². The molecule has 0 spiro atoms. The van der Waals surface area contributed by atoms with E-state index in [1.807, 2.05) is 13.8 Å². The third-order valence-electron chi connectivity index (χ3n) is 3.80. The molecule has 3 heterocycles. The quantitative estimate of drug-likeness (QED) is 0.867. The molecule has 0 radical (unpaired) electrons. The van der Waals surface area contributed by atoms with Gasteiger partial charge in [0.15, 0.2) is 0 Å². The van der Waals surface area contributed by atoms with E-state index in [1.165, 1.54) is 9.75 Å². The highest BCUT2D eigenvalue weighted by Crippen LogP contribution is 2.29. The van der Waals surface area contributed by atoms with E-state index in [2.05, 4.69) is 33.1 Å². The molecule has 23 heavy (non-hydrogen) atoms. The fraction of sp³-hybridized carbons (Fsp3) is 0.500. The summed E-state index contributed by atoms with van der Waals surface area (Å²) in [6.07, 6.45) is 0.756. The zero-order chi connectivity index (χ0) is 16.2. The lowest BCUT2D eigenvalue weighted by Gasteiger charge is -2.29. The Balaban J connectivity index is 1.49. The first-order chi connectivity index (χ1) is 11.1. The van der Waals surface area contributed by atoms with Crippen molar-refractivity contribution in [3.63, 3.8) is 0 Å². The van der Waals surface area contributed by atoms with Crippen molar-refractivity contribution in [2.24, 2.45) is 0 Å². The number of thiazole rings is 1. The number of hydrogen-bond acceptors (Lipinski definition) is 6. The summed E-state index contributed by atoms with van der Waals surface area (Å²) in [5, 5.41) is 9.37. The third-order valence-corrected chi connectivity index (χ3v) is 5.74. The molecule has 0 saturated carbocycles. The van der Waals surface area contributed by atoms with Crippen LogP contribution in [0, 0.1) is 6.92 Å². The molecular formula is C16H21N3O2S2. The Hall–Kier alpha value is -1.28. The molecule has 124 valence electrons. The SMILES string of the molecule is Cc1nc(-c2ccc(CCNC(=O)[C@H]3NCCO[C@@H]3C)s2)cs1. The molecule has 7 heteroatoms. The van der Waals surface area contributed by atoms with Crippen molar-refractivity contribution in [2.75, 3.05) is 19.7 Å². The van der Waals surface area contributed by atoms with Crippen LogP contribution in [-0.4, -0.2) is 42.7 Å². The fourth-order valence-electron chi connectivity index (χ4n) is 2.57. The highest BCUT2D eigenvalue weighted by molar-refractivity contribution is 7.16. The minimum Gasteiger partial charge on any atom is -0.375 e. The molecule has 1 aliphatic rings. The van der Waals surface area contributed by atoms with Gasteiger partial charge >= 0.3 is 0 Å². The van der Waals surface area contributed by atoms with Crippen LogP contribution in [0.3, 0.4) is 0 Å². The normalized spacial score (nSPS) is 21.3. The van der Waals surface area contributed by atoms with Gasteiger partial charge in [-0.1, -0.05) is 0 Å². The van der Waals surface area contributed by atoms with Crippen LogP contribution in [0.2, 0.25) is 0 Å². The molecule has 0 unspecified atom stereocenters. The van der Waals surface area contributed by atoms with Crippen molar-refractivity contribution in [3.05, 3.63) is 27.4 Å². The van der Waals surface area contributed by atoms with E-state index >= 15 is 0 Å². The summed E-state index contributed by atoms with van der Waals surface area (Å²) >= 11 is 3.41. The Labute approximate surface area is 144 Å². The Morgan fingerprint density at radius 1 is 1.52 bits per heavy atom. The second kappa shape index (κ2) is 7.53. The summed E-state index contributed by atoms with van der Waals surface area (Å²) in [5.74, 6) is 0.0177. The number of hydrogen-bond donors (Lipinski definition) is 2. The van der Waals surface area contributed by atoms with Crippen LogP contribution in [0.15, 0.2) is 17.5 Å². The first-order valence-electron chi connectivity index (χ1n) is 7.77. The summed E-state index contributed by atoms with van der Waals surface area (Å²) in [4.78, 5) is 19.1. The van der Waals surface area contributed by atoms with Gasteiger partial charge in [-0.3, -0.25) is 4.79 Å². The number of carbonyl (C=O) groups is 1. The van der Waals surface area contributed by atoms with Crippen LogP contribution in [0.5, 0.6) is 0 Å². The number of aryl methyl sites for hydroxylation is 1. The summed E-state index contributed by atoms with van der Waals surface area (Å²) in [7, 11) is 0. The van der Waals surface area contributed by atoms with Crippen LogP contribution in [-0.2, 0) is 16.0 Å². The lowest BCUT2D eigenvalue weighted by Crippen LogP contribution is -2.55. The predicted octanol–water partition coefficient (Wildman–Crippen LogP) is 2.22. The smallest absolute Gasteiger partial charge is 0.239 e. The van der Waals surface area contributed by atoms with Crippen LogP contribution in [0.4, 0.5) is 0 Å². The number of ether oxygens (including phenoxy) is 1. The third kappa shape index (κ3) is 4.17. The number of nitrogens with zero attached hydrogens (tertiary/aromatic N) is 1. The van der Waals surface area contributed by atoms with Gasteiger partial charge in [0.1, 0.15) is 6.04 Å². The molecule has 2 aromatic rings. The molecule has 2 aromatic heterocycles. The molecule has 2 atom stereocenters. The molecule has 1 aliphatic heterocycles. The van der Waals surface area contributed by atoms with E-state index in [0.717, 1.165) is 23.7 Å². The van der Waals surface area contributed by atoms with E-state index in [1.54, 1.807) is 22.7 Å². The van der Waals surface area contributed by atoms with Gasteiger partial charge in [0.25, 0.3) is 0 Å². The molecule has 1 saturated heterocycles. The van der Waals surface area contributed by atoms with Gasteiger partial charge in [-0.15, -0.1) is 22.7 Å². The number of thiophene rings is 1. The van der Waals surface area contributed by atoms with Crippen molar-refractivity contribution in [1.29, 1.82) is 0 Å². The highest BCUT2D eigenvalue weighted by atomic mass is 32.1. The lowest BCUT2D eigenvalue weighted by atomic mass is 10.1. The summed E-state index contributed by atoms with van der Waals surface area (Å²) in [5.41, 5.74) is 1.05. The van der Waals surface area contributed by atoms with E-state index in [4.69, 9.17) is 4.74 Å². The summed E-state index contributed by atoms with van der Waals surface area (Å²) in [6.45, 7) is 5.97. The van der Waals surface area contributed by atoms with Crippen molar-refractivity contribution in [3.8, 4) is 10.6 Å².